The van der Waals surface area contributed by atoms with Gasteiger partial charge in [-0.3, -0.25) is 15.0 Å². The number of fused-ring (bicyclic) bond motifs is 4. The van der Waals surface area contributed by atoms with E-state index in [1.165, 1.54) is 12.4 Å². The first-order chi connectivity index (χ1) is 18.6. The molecule has 0 aliphatic rings. The molecule has 9 heteroatoms. The molecule has 0 saturated heterocycles. The van der Waals surface area contributed by atoms with Crippen molar-refractivity contribution < 1.29 is 14.3 Å². The third kappa shape index (κ3) is 4.25. The van der Waals surface area contributed by atoms with E-state index in [1.54, 1.807) is 23.8 Å². The maximum Gasteiger partial charge on any atom is 0.280 e. The maximum atomic E-state index is 13.2. The predicted molar refractivity (Wildman–Crippen MR) is 145 cm³/mol. The van der Waals surface area contributed by atoms with Gasteiger partial charge in [0.1, 0.15) is 5.75 Å². The summed E-state index contributed by atoms with van der Waals surface area (Å²) in [5.41, 5.74) is 5.84. The fraction of sp³-hybridized carbons (Fsp3) is 0.103. The number of carbonyl (C=O) groups excluding carboxylic acids is 1. The summed E-state index contributed by atoms with van der Waals surface area (Å²) < 4.78 is 13.8. The lowest BCUT2D eigenvalue weighted by atomic mass is 10.1. The van der Waals surface area contributed by atoms with Crippen LogP contribution in [0.2, 0.25) is 0 Å². The minimum Gasteiger partial charge on any atom is -0.484 e. The lowest BCUT2D eigenvalue weighted by Crippen LogP contribution is -2.35. The Kier molecular flexibility index (Phi) is 6.03. The van der Waals surface area contributed by atoms with Crippen LogP contribution < -0.4 is 15.7 Å². The summed E-state index contributed by atoms with van der Waals surface area (Å²) in [6, 6.07) is 25.0. The normalized spacial score (nSPS) is 11.3. The largest absolute Gasteiger partial charge is 0.484 e. The van der Waals surface area contributed by atoms with Crippen molar-refractivity contribution in [1.29, 1.82) is 0 Å². The van der Waals surface area contributed by atoms with Crippen LogP contribution in [-0.4, -0.2) is 38.9 Å². The molecule has 0 fully saturated rings. The van der Waals surface area contributed by atoms with Gasteiger partial charge in [-0.15, -0.1) is 0 Å². The van der Waals surface area contributed by atoms with Gasteiger partial charge in [-0.05, 0) is 34.5 Å². The number of benzene rings is 3. The lowest BCUT2D eigenvalue weighted by molar-refractivity contribution is -0.119. The number of nitrogens with one attached hydrogen (secondary N) is 1. The Labute approximate surface area is 216 Å². The van der Waals surface area contributed by atoms with Gasteiger partial charge in [0.2, 0.25) is 0 Å². The van der Waals surface area contributed by atoms with Crippen molar-refractivity contribution in [3.05, 3.63) is 107 Å². The first-order valence-electron chi connectivity index (χ1n) is 12.0. The Morgan fingerprint density at radius 3 is 2.58 bits per heavy atom. The zero-order chi connectivity index (χ0) is 26.1. The zero-order valence-electron chi connectivity index (χ0n) is 20.5. The minimum absolute atomic E-state index is 0.250. The molecule has 1 N–H and O–H groups in total. The van der Waals surface area contributed by atoms with Crippen molar-refractivity contribution in [2.45, 2.75) is 6.61 Å². The number of amides is 1. The Bertz CT molecular complexity index is 1860. The number of rotatable bonds is 7. The smallest absolute Gasteiger partial charge is 0.280 e. The summed E-state index contributed by atoms with van der Waals surface area (Å²) in [6.07, 6.45) is 3.00. The van der Waals surface area contributed by atoms with Gasteiger partial charge in [0, 0.05) is 19.5 Å². The number of pyridine rings is 1. The molecule has 0 bridgehead atoms. The maximum absolute atomic E-state index is 13.2. The molecular weight excluding hydrogens is 482 g/mol. The van der Waals surface area contributed by atoms with E-state index in [1.807, 2.05) is 66.7 Å². The second-order valence-electron chi connectivity index (χ2n) is 8.74. The quantitative estimate of drug-likeness (QED) is 0.350. The van der Waals surface area contributed by atoms with Gasteiger partial charge in [0.25, 0.3) is 11.5 Å². The van der Waals surface area contributed by atoms with Crippen LogP contribution in [-0.2, 0) is 16.1 Å². The van der Waals surface area contributed by atoms with E-state index in [-0.39, 0.29) is 6.61 Å². The molecule has 9 nitrogen and oxygen atoms in total. The van der Waals surface area contributed by atoms with Gasteiger partial charge in [-0.25, -0.2) is 14.2 Å². The molecule has 6 aromatic rings. The van der Waals surface area contributed by atoms with E-state index >= 15 is 0 Å². The molecule has 0 aliphatic heterocycles. The number of nitrogens with zero attached hydrogens (tertiary/aromatic N) is 4. The van der Waals surface area contributed by atoms with Gasteiger partial charge >= 0.3 is 0 Å². The van der Waals surface area contributed by atoms with Crippen molar-refractivity contribution >= 4 is 33.2 Å². The van der Waals surface area contributed by atoms with Crippen molar-refractivity contribution in [2.24, 2.45) is 0 Å². The molecule has 0 atom stereocenters. The molecule has 1 amide bonds. The summed E-state index contributed by atoms with van der Waals surface area (Å²) >= 11 is 0. The first kappa shape index (κ1) is 23.4. The number of carbonyl (C=O) groups is 1. The second kappa shape index (κ2) is 9.79. The molecule has 3 heterocycles. The topological polar surface area (TPSA) is 99.8 Å². The molecule has 3 aromatic carbocycles. The molecule has 6 rings (SSSR count). The van der Waals surface area contributed by atoms with Crippen molar-refractivity contribution in [3.63, 3.8) is 0 Å². The number of aromatic nitrogens is 4. The highest BCUT2D eigenvalue weighted by molar-refractivity contribution is 5.88. The van der Waals surface area contributed by atoms with E-state index in [4.69, 9.17) is 14.6 Å². The van der Waals surface area contributed by atoms with Crippen LogP contribution in [0.4, 0.5) is 0 Å². The van der Waals surface area contributed by atoms with Crippen molar-refractivity contribution in [2.75, 3.05) is 19.1 Å². The van der Waals surface area contributed by atoms with Crippen LogP contribution in [0.1, 0.15) is 5.69 Å². The van der Waals surface area contributed by atoms with Crippen LogP contribution >= 0.6 is 0 Å². The zero-order valence-corrected chi connectivity index (χ0v) is 20.5. The second-order valence-corrected chi connectivity index (χ2v) is 8.74. The molecule has 0 radical (unpaired) electrons. The summed E-state index contributed by atoms with van der Waals surface area (Å²) in [5.74, 6) is 0.0949. The Morgan fingerprint density at radius 1 is 0.974 bits per heavy atom. The van der Waals surface area contributed by atoms with E-state index in [2.05, 4.69) is 10.4 Å². The van der Waals surface area contributed by atoms with E-state index in [0.717, 1.165) is 26.6 Å². The molecule has 0 saturated carbocycles. The van der Waals surface area contributed by atoms with Crippen molar-refractivity contribution in [3.8, 4) is 16.9 Å². The number of hydrogen-bond donors (Lipinski definition) is 1. The Hall–Kier alpha value is -5.02. The molecule has 188 valence electrons. The molecule has 38 heavy (non-hydrogen) atoms. The van der Waals surface area contributed by atoms with Gasteiger partial charge in [0.15, 0.2) is 12.3 Å². The number of ether oxygens (including phenoxy) is 2. The van der Waals surface area contributed by atoms with Crippen LogP contribution in [0.25, 0.3) is 38.4 Å². The van der Waals surface area contributed by atoms with E-state index in [0.29, 0.717) is 34.6 Å². The average molecular weight is 506 g/mol. The highest BCUT2D eigenvalue weighted by Crippen LogP contribution is 2.29. The summed E-state index contributed by atoms with van der Waals surface area (Å²) in [4.78, 5) is 30.4. The monoisotopic (exact) mass is 505 g/mol. The SMILES string of the molecule is COCc1nn2c(ncc3c(=O)n(NC(=O)COc4ccc5ccccc5c4)ccc32)c1-c1ccccc1. The molecule has 0 unspecified atom stereocenters. The van der Waals surface area contributed by atoms with Crippen LogP contribution in [0.3, 0.4) is 0 Å². The summed E-state index contributed by atoms with van der Waals surface area (Å²) in [7, 11) is 1.61. The van der Waals surface area contributed by atoms with Crippen LogP contribution in [0.15, 0.2) is 96.1 Å². The Balaban J connectivity index is 1.28. The van der Waals surface area contributed by atoms with Gasteiger partial charge in [-0.1, -0.05) is 60.7 Å². The molecule has 0 spiro atoms. The van der Waals surface area contributed by atoms with Gasteiger partial charge in [0.05, 0.1) is 28.8 Å². The molecular formula is C29H23N5O4. The highest BCUT2D eigenvalue weighted by Gasteiger charge is 2.19. The van der Waals surface area contributed by atoms with Gasteiger partial charge < -0.3 is 9.47 Å². The Morgan fingerprint density at radius 2 is 1.76 bits per heavy atom. The molecule has 0 aliphatic carbocycles. The third-order valence-electron chi connectivity index (χ3n) is 6.26. The third-order valence-corrected chi connectivity index (χ3v) is 6.26. The average Bonchev–Trinajstić information content (AvgIpc) is 3.32. The lowest BCUT2D eigenvalue weighted by Gasteiger charge is -2.11. The fourth-order valence-corrected chi connectivity index (χ4v) is 4.51. The first-order valence-corrected chi connectivity index (χ1v) is 12.0. The van der Waals surface area contributed by atoms with Crippen LogP contribution in [0, 0.1) is 0 Å². The summed E-state index contributed by atoms with van der Waals surface area (Å²) in [6.45, 7) is 0.0412. The van der Waals surface area contributed by atoms with Gasteiger partial charge in [-0.2, -0.15) is 5.10 Å². The predicted octanol–water partition coefficient (Wildman–Crippen LogP) is 4.16. The molecule has 3 aromatic heterocycles. The highest BCUT2D eigenvalue weighted by atomic mass is 16.5. The standard InChI is InChI=1S/C29H23N5O4/c1-37-17-24-27(20-8-3-2-4-9-20)28-30-16-23-25(34(28)31-24)13-14-33(29(23)36)32-26(35)18-38-22-12-11-19-7-5-6-10-21(19)15-22/h2-16H,17-18H2,1H3,(H,32,35). The van der Waals surface area contributed by atoms with Crippen molar-refractivity contribution in [1.82, 2.24) is 19.3 Å². The number of methoxy groups -OCH3 is 1. The number of hydrogen-bond acceptors (Lipinski definition) is 6. The minimum atomic E-state index is -0.471. The fourth-order valence-electron chi connectivity index (χ4n) is 4.51. The summed E-state index contributed by atoms with van der Waals surface area (Å²) in [5, 5.41) is 7.10. The van der Waals surface area contributed by atoms with E-state index < -0.39 is 11.5 Å². The van der Waals surface area contributed by atoms with E-state index in [9.17, 15) is 9.59 Å². The van der Waals surface area contributed by atoms with Crippen LogP contribution in [0.5, 0.6) is 5.75 Å².